The zero-order valence-electron chi connectivity index (χ0n) is 23.1. The molecule has 0 bridgehead atoms. The molecule has 0 N–H and O–H groups in total. The van der Waals surface area contributed by atoms with Gasteiger partial charge in [0.2, 0.25) is 0 Å². The van der Waals surface area contributed by atoms with E-state index < -0.39 is 0 Å². The molecule has 1 heterocycles. The summed E-state index contributed by atoms with van der Waals surface area (Å²) in [4.78, 5) is 2.38. The molecule has 0 spiro atoms. The number of rotatable bonds is 5. The molecule has 0 atom stereocenters. The van der Waals surface area contributed by atoms with E-state index in [0.717, 1.165) is 22.7 Å². The monoisotopic (exact) mass is 536 g/mol. The van der Waals surface area contributed by atoms with Crippen LogP contribution in [-0.2, 0) is 0 Å². The van der Waals surface area contributed by atoms with Crippen LogP contribution in [0.25, 0.3) is 49.4 Å². The van der Waals surface area contributed by atoms with Gasteiger partial charge in [0.1, 0.15) is 0 Å². The molecule has 0 aliphatic heterocycles. The van der Waals surface area contributed by atoms with Crippen LogP contribution in [0.4, 0.5) is 17.1 Å². The second kappa shape index (κ2) is 10.1. The Morgan fingerprint density at radius 1 is 0.405 bits per heavy atom. The van der Waals surface area contributed by atoms with Crippen molar-refractivity contribution in [1.29, 1.82) is 0 Å². The van der Waals surface area contributed by atoms with Crippen LogP contribution in [0.5, 0.6) is 0 Å². The highest BCUT2D eigenvalue weighted by Gasteiger charge is 2.21. The Morgan fingerprint density at radius 3 is 1.83 bits per heavy atom. The summed E-state index contributed by atoms with van der Waals surface area (Å²) in [6, 6.07) is 60.9. The summed E-state index contributed by atoms with van der Waals surface area (Å²) >= 11 is 0. The molecule has 0 aliphatic rings. The molecule has 0 aliphatic carbocycles. The van der Waals surface area contributed by atoms with E-state index in [2.05, 4.69) is 179 Å². The number of para-hydroxylation sites is 3. The van der Waals surface area contributed by atoms with Crippen molar-refractivity contribution in [1.82, 2.24) is 4.57 Å². The van der Waals surface area contributed by atoms with Crippen molar-refractivity contribution in [2.75, 3.05) is 4.90 Å². The average molecular weight is 537 g/mol. The minimum absolute atomic E-state index is 1.11. The SMILES string of the molecule is c1ccc(-c2ccc(N(c3ccccc3)c3cccc4c5ccccc5n(-c5ccc6ccccc6c5)c34)cc2)cc1. The van der Waals surface area contributed by atoms with Crippen molar-refractivity contribution < 1.29 is 0 Å². The van der Waals surface area contributed by atoms with Gasteiger partial charge in [-0.15, -0.1) is 0 Å². The number of hydrogen-bond acceptors (Lipinski definition) is 1. The van der Waals surface area contributed by atoms with Gasteiger partial charge in [-0.25, -0.2) is 0 Å². The van der Waals surface area contributed by atoms with Crippen molar-refractivity contribution in [3.8, 4) is 16.8 Å². The van der Waals surface area contributed by atoms with Crippen LogP contribution >= 0.6 is 0 Å². The Bertz CT molecular complexity index is 2180. The lowest BCUT2D eigenvalue weighted by atomic mass is 10.0. The maximum absolute atomic E-state index is 2.43. The number of nitrogens with zero attached hydrogens (tertiary/aromatic N) is 2. The minimum atomic E-state index is 1.11. The number of anilines is 3. The van der Waals surface area contributed by atoms with Gasteiger partial charge in [0.15, 0.2) is 0 Å². The fourth-order valence-electron chi connectivity index (χ4n) is 6.20. The molecule has 7 aromatic carbocycles. The van der Waals surface area contributed by atoms with Crippen molar-refractivity contribution in [2.24, 2.45) is 0 Å². The van der Waals surface area contributed by atoms with E-state index in [9.17, 15) is 0 Å². The molecular weight excluding hydrogens is 508 g/mol. The van der Waals surface area contributed by atoms with Crippen molar-refractivity contribution in [3.05, 3.63) is 170 Å². The molecule has 8 aromatic rings. The van der Waals surface area contributed by atoms with Crippen LogP contribution in [0.1, 0.15) is 0 Å². The molecule has 0 saturated carbocycles. The van der Waals surface area contributed by atoms with E-state index in [1.165, 1.54) is 43.7 Å². The lowest BCUT2D eigenvalue weighted by Crippen LogP contribution is -2.11. The van der Waals surface area contributed by atoms with Gasteiger partial charge in [0.25, 0.3) is 0 Å². The van der Waals surface area contributed by atoms with E-state index >= 15 is 0 Å². The smallest absolute Gasteiger partial charge is 0.0782 e. The van der Waals surface area contributed by atoms with Gasteiger partial charge in [-0.3, -0.25) is 0 Å². The maximum Gasteiger partial charge on any atom is 0.0782 e. The Balaban J connectivity index is 1.40. The minimum Gasteiger partial charge on any atom is -0.308 e. The van der Waals surface area contributed by atoms with Crippen LogP contribution < -0.4 is 4.90 Å². The lowest BCUT2D eigenvalue weighted by Gasteiger charge is -2.27. The highest BCUT2D eigenvalue weighted by Crippen LogP contribution is 2.43. The molecule has 0 amide bonds. The molecular formula is C40H28N2. The molecule has 2 nitrogen and oxygen atoms in total. The first-order chi connectivity index (χ1) is 20.8. The summed E-state index contributed by atoms with van der Waals surface area (Å²) in [5.74, 6) is 0. The van der Waals surface area contributed by atoms with Crippen LogP contribution in [0.15, 0.2) is 170 Å². The van der Waals surface area contributed by atoms with E-state index in [4.69, 9.17) is 0 Å². The first-order valence-electron chi connectivity index (χ1n) is 14.4. The van der Waals surface area contributed by atoms with Gasteiger partial charge in [-0.2, -0.15) is 0 Å². The summed E-state index contributed by atoms with van der Waals surface area (Å²) in [6.45, 7) is 0. The molecule has 198 valence electrons. The predicted octanol–water partition coefficient (Wildman–Crippen LogP) is 11.1. The standard InChI is InChI=1S/C40H28N2/c1-3-12-29(13-4-1)31-22-25-34(26-23-31)41(33-16-5-2-6-17-33)39-21-11-19-37-36-18-9-10-20-38(36)42(40(37)39)35-27-24-30-14-7-8-15-32(30)28-35/h1-28H. The van der Waals surface area contributed by atoms with Gasteiger partial charge >= 0.3 is 0 Å². The second-order valence-corrected chi connectivity index (χ2v) is 10.6. The van der Waals surface area contributed by atoms with Gasteiger partial charge in [0, 0.05) is 27.8 Å². The fraction of sp³-hybridized carbons (Fsp3) is 0. The first kappa shape index (κ1) is 24.2. The molecule has 1 aromatic heterocycles. The summed E-state index contributed by atoms with van der Waals surface area (Å²) in [6.07, 6.45) is 0. The quantitative estimate of drug-likeness (QED) is 0.212. The Morgan fingerprint density at radius 2 is 1.02 bits per heavy atom. The predicted molar refractivity (Wildman–Crippen MR) is 178 cm³/mol. The van der Waals surface area contributed by atoms with E-state index in [0.29, 0.717) is 0 Å². The van der Waals surface area contributed by atoms with Gasteiger partial charge < -0.3 is 9.47 Å². The zero-order chi connectivity index (χ0) is 27.9. The Hall–Kier alpha value is -5.60. The molecule has 0 fully saturated rings. The van der Waals surface area contributed by atoms with Gasteiger partial charge in [0.05, 0.1) is 16.7 Å². The molecule has 8 rings (SSSR count). The zero-order valence-corrected chi connectivity index (χ0v) is 23.1. The summed E-state index contributed by atoms with van der Waals surface area (Å²) < 4.78 is 2.43. The summed E-state index contributed by atoms with van der Waals surface area (Å²) in [5.41, 5.74) is 9.32. The van der Waals surface area contributed by atoms with Gasteiger partial charge in [-0.05, 0) is 70.4 Å². The largest absolute Gasteiger partial charge is 0.308 e. The van der Waals surface area contributed by atoms with Crippen LogP contribution in [-0.4, -0.2) is 4.57 Å². The third-order valence-corrected chi connectivity index (χ3v) is 8.15. The summed E-state index contributed by atoms with van der Waals surface area (Å²) in [7, 11) is 0. The number of aromatic nitrogens is 1. The van der Waals surface area contributed by atoms with Crippen molar-refractivity contribution in [2.45, 2.75) is 0 Å². The average Bonchev–Trinajstić information content (AvgIpc) is 3.41. The molecule has 2 heteroatoms. The first-order valence-corrected chi connectivity index (χ1v) is 14.4. The third-order valence-electron chi connectivity index (χ3n) is 8.15. The van der Waals surface area contributed by atoms with Crippen LogP contribution in [0, 0.1) is 0 Å². The molecule has 0 unspecified atom stereocenters. The molecule has 0 radical (unpaired) electrons. The lowest BCUT2D eigenvalue weighted by molar-refractivity contribution is 1.17. The summed E-state index contributed by atoms with van der Waals surface area (Å²) in [5, 5.41) is 4.95. The molecule has 0 saturated heterocycles. The number of fused-ring (bicyclic) bond motifs is 4. The Labute approximate surface area is 245 Å². The normalized spacial score (nSPS) is 11.3. The number of hydrogen-bond donors (Lipinski definition) is 0. The van der Waals surface area contributed by atoms with Crippen LogP contribution in [0.3, 0.4) is 0 Å². The fourth-order valence-corrected chi connectivity index (χ4v) is 6.20. The highest BCUT2D eigenvalue weighted by molar-refractivity contribution is 6.14. The maximum atomic E-state index is 2.43. The van der Waals surface area contributed by atoms with Gasteiger partial charge in [-0.1, -0.05) is 121 Å². The third kappa shape index (κ3) is 4.05. The number of benzene rings is 7. The highest BCUT2D eigenvalue weighted by atomic mass is 15.2. The van der Waals surface area contributed by atoms with Crippen LogP contribution in [0.2, 0.25) is 0 Å². The van der Waals surface area contributed by atoms with E-state index in [-0.39, 0.29) is 0 Å². The van der Waals surface area contributed by atoms with Crippen molar-refractivity contribution in [3.63, 3.8) is 0 Å². The van der Waals surface area contributed by atoms with Crippen molar-refractivity contribution >= 4 is 49.6 Å². The Kier molecular flexibility index (Phi) is 5.82. The van der Waals surface area contributed by atoms with E-state index in [1.807, 2.05) is 0 Å². The topological polar surface area (TPSA) is 8.17 Å². The molecule has 42 heavy (non-hydrogen) atoms. The van der Waals surface area contributed by atoms with E-state index in [1.54, 1.807) is 0 Å². The second-order valence-electron chi connectivity index (χ2n) is 10.6.